The van der Waals surface area contributed by atoms with E-state index >= 15 is 0 Å². The third-order valence-electron chi connectivity index (χ3n) is 6.94. The van der Waals surface area contributed by atoms with E-state index in [2.05, 4.69) is 28.1 Å². The summed E-state index contributed by atoms with van der Waals surface area (Å²) in [5.41, 5.74) is 6.26. The summed E-state index contributed by atoms with van der Waals surface area (Å²) in [6.45, 7) is 1.94. The molecule has 0 saturated carbocycles. The highest BCUT2D eigenvalue weighted by Crippen LogP contribution is 2.40. The van der Waals surface area contributed by atoms with Crippen LogP contribution in [0.25, 0.3) is 22.0 Å². The molecule has 1 unspecified atom stereocenters. The maximum Gasteiger partial charge on any atom is 0.275 e. The van der Waals surface area contributed by atoms with E-state index in [1.165, 1.54) is 17.1 Å². The van der Waals surface area contributed by atoms with Crippen molar-refractivity contribution in [1.29, 1.82) is 0 Å². The number of pyridine rings is 1. The van der Waals surface area contributed by atoms with Crippen LogP contribution in [0.3, 0.4) is 0 Å². The summed E-state index contributed by atoms with van der Waals surface area (Å²) in [5.74, 6) is -0.633. The van der Waals surface area contributed by atoms with E-state index in [1.807, 2.05) is 67.6 Å². The highest BCUT2D eigenvalue weighted by atomic mass is 79.9. The van der Waals surface area contributed by atoms with Crippen molar-refractivity contribution < 1.29 is 9.18 Å². The van der Waals surface area contributed by atoms with Crippen LogP contribution in [-0.4, -0.2) is 21.6 Å². The number of hydrazone groups is 1. The van der Waals surface area contributed by atoms with Crippen molar-refractivity contribution in [1.82, 2.24) is 9.99 Å². The third-order valence-corrected chi connectivity index (χ3v) is 7.86. The number of fused-ring (bicyclic) bond motifs is 1. The van der Waals surface area contributed by atoms with Crippen LogP contribution in [0, 0.1) is 12.7 Å². The molecule has 0 bridgehead atoms. The molecule has 0 N–H and O–H groups in total. The van der Waals surface area contributed by atoms with E-state index in [0.717, 1.165) is 33.3 Å². The summed E-state index contributed by atoms with van der Waals surface area (Å²) in [6.07, 6.45) is 0.404. The minimum Gasteiger partial charge on any atom is -0.267 e. The Morgan fingerprint density at radius 2 is 1.72 bits per heavy atom. The first-order chi connectivity index (χ1) is 18.9. The average molecular weight is 599 g/mol. The quantitative estimate of drug-likeness (QED) is 0.208. The van der Waals surface area contributed by atoms with Crippen LogP contribution in [0.4, 0.5) is 4.39 Å². The molecule has 0 radical (unpaired) electrons. The number of carbonyl (C=O) groups is 1. The van der Waals surface area contributed by atoms with Gasteiger partial charge in [0.25, 0.3) is 5.91 Å². The molecule has 0 saturated heterocycles. The maximum atomic E-state index is 14.3. The average Bonchev–Trinajstić information content (AvgIpc) is 3.37. The molecule has 6 rings (SSSR count). The molecule has 192 valence electrons. The molecular formula is C32H22BrClFN3O. The number of aryl methyl sites for hydroxylation is 1. The molecule has 4 nitrogen and oxygen atoms in total. The number of hydrogen-bond donors (Lipinski definition) is 0. The molecule has 4 aromatic carbocycles. The number of nitrogens with zero attached hydrogens (tertiary/aromatic N) is 3. The predicted molar refractivity (Wildman–Crippen MR) is 158 cm³/mol. The van der Waals surface area contributed by atoms with Crippen molar-refractivity contribution in [3.8, 4) is 11.1 Å². The summed E-state index contributed by atoms with van der Waals surface area (Å²) in [4.78, 5) is 18.8. The lowest BCUT2D eigenvalue weighted by Gasteiger charge is -2.22. The minimum absolute atomic E-state index is 0.272. The SMILES string of the molecule is Cc1nc2cc(Cl)ccc2c(-c2ccccc2)c1C1=NN(C(=O)c2ccccc2Br)C(c2cccc(F)c2)C1. The lowest BCUT2D eigenvalue weighted by atomic mass is 9.89. The van der Waals surface area contributed by atoms with Crippen LogP contribution in [0.1, 0.15) is 39.6 Å². The molecule has 1 aliphatic heterocycles. The number of amides is 1. The Balaban J connectivity index is 1.57. The van der Waals surface area contributed by atoms with Crippen molar-refractivity contribution in [3.05, 3.63) is 135 Å². The molecule has 5 aromatic rings. The van der Waals surface area contributed by atoms with Crippen LogP contribution in [-0.2, 0) is 0 Å². The Bertz CT molecular complexity index is 1770. The predicted octanol–water partition coefficient (Wildman–Crippen LogP) is 8.76. The van der Waals surface area contributed by atoms with Gasteiger partial charge in [0, 0.05) is 38.1 Å². The van der Waals surface area contributed by atoms with Gasteiger partial charge in [-0.25, -0.2) is 9.40 Å². The normalized spacial score (nSPS) is 15.0. The van der Waals surface area contributed by atoms with Gasteiger partial charge in [0.05, 0.1) is 22.8 Å². The fourth-order valence-electron chi connectivity index (χ4n) is 5.20. The van der Waals surface area contributed by atoms with Crippen LogP contribution in [0.2, 0.25) is 5.02 Å². The lowest BCUT2D eigenvalue weighted by molar-refractivity contribution is 0.0710. The van der Waals surface area contributed by atoms with Crippen molar-refractivity contribution in [2.24, 2.45) is 5.10 Å². The topological polar surface area (TPSA) is 45.6 Å². The number of rotatable bonds is 4. The Labute approximate surface area is 238 Å². The second-order valence-corrected chi connectivity index (χ2v) is 10.7. The van der Waals surface area contributed by atoms with Gasteiger partial charge in [-0.1, -0.05) is 72.3 Å². The van der Waals surface area contributed by atoms with Gasteiger partial charge < -0.3 is 0 Å². The molecule has 1 amide bonds. The summed E-state index contributed by atoms with van der Waals surface area (Å²) in [5, 5.41) is 7.95. The van der Waals surface area contributed by atoms with Gasteiger partial charge in [-0.15, -0.1) is 0 Å². The Kier molecular flexibility index (Phi) is 6.75. The zero-order chi connectivity index (χ0) is 27.1. The van der Waals surface area contributed by atoms with Crippen molar-refractivity contribution in [3.63, 3.8) is 0 Å². The summed E-state index contributed by atoms with van der Waals surface area (Å²) in [6, 6.07) is 28.8. The van der Waals surface area contributed by atoms with Gasteiger partial charge in [-0.05, 0) is 70.4 Å². The maximum absolute atomic E-state index is 14.3. The van der Waals surface area contributed by atoms with E-state index in [0.29, 0.717) is 32.8 Å². The van der Waals surface area contributed by atoms with Gasteiger partial charge in [-0.2, -0.15) is 5.10 Å². The third kappa shape index (κ3) is 4.75. The minimum atomic E-state index is -0.487. The number of hydrogen-bond acceptors (Lipinski definition) is 3. The van der Waals surface area contributed by atoms with Gasteiger partial charge in [0.2, 0.25) is 0 Å². The fraction of sp³-hybridized carbons (Fsp3) is 0.0938. The zero-order valence-corrected chi connectivity index (χ0v) is 23.2. The van der Waals surface area contributed by atoms with Gasteiger partial charge in [0.1, 0.15) is 5.82 Å². The molecule has 1 atom stereocenters. The number of benzene rings is 4. The van der Waals surface area contributed by atoms with E-state index < -0.39 is 6.04 Å². The Hall–Kier alpha value is -3.87. The first-order valence-corrected chi connectivity index (χ1v) is 13.6. The highest BCUT2D eigenvalue weighted by Gasteiger charge is 2.36. The first kappa shape index (κ1) is 25.4. The fourth-order valence-corrected chi connectivity index (χ4v) is 5.82. The molecule has 1 aromatic heterocycles. The first-order valence-electron chi connectivity index (χ1n) is 12.5. The van der Waals surface area contributed by atoms with Crippen LogP contribution in [0.5, 0.6) is 0 Å². The zero-order valence-electron chi connectivity index (χ0n) is 20.9. The molecule has 39 heavy (non-hydrogen) atoms. The van der Waals surface area contributed by atoms with Crippen molar-refractivity contribution in [2.45, 2.75) is 19.4 Å². The summed E-state index contributed by atoms with van der Waals surface area (Å²) >= 11 is 9.82. The van der Waals surface area contributed by atoms with Crippen molar-refractivity contribution in [2.75, 3.05) is 0 Å². The standard InChI is InChI=1S/C32H22BrClFN3O/c1-19-30(31(20-8-3-2-4-9-20)25-15-14-22(34)17-27(25)36-19)28-18-29(21-10-7-11-23(35)16-21)38(37-28)32(39)24-12-5-6-13-26(24)33/h2-17,29H,18H2,1H3. The van der Waals surface area contributed by atoms with Crippen LogP contribution >= 0.6 is 27.5 Å². The molecule has 0 aliphatic carbocycles. The van der Waals surface area contributed by atoms with Gasteiger partial charge in [0.15, 0.2) is 0 Å². The van der Waals surface area contributed by atoms with Crippen LogP contribution in [0.15, 0.2) is 107 Å². The molecular weight excluding hydrogens is 577 g/mol. The Morgan fingerprint density at radius 1 is 0.949 bits per heavy atom. The van der Waals surface area contributed by atoms with E-state index in [9.17, 15) is 9.18 Å². The van der Waals surface area contributed by atoms with E-state index in [4.69, 9.17) is 21.7 Å². The second kappa shape index (κ2) is 10.4. The van der Waals surface area contributed by atoms with Gasteiger partial charge >= 0.3 is 0 Å². The molecule has 2 heterocycles. The summed E-state index contributed by atoms with van der Waals surface area (Å²) < 4.78 is 15.0. The van der Waals surface area contributed by atoms with Crippen molar-refractivity contribution >= 4 is 50.1 Å². The van der Waals surface area contributed by atoms with E-state index in [-0.39, 0.29) is 11.7 Å². The summed E-state index contributed by atoms with van der Waals surface area (Å²) in [7, 11) is 0. The second-order valence-electron chi connectivity index (χ2n) is 9.43. The monoisotopic (exact) mass is 597 g/mol. The number of halogens is 3. The number of aromatic nitrogens is 1. The highest BCUT2D eigenvalue weighted by molar-refractivity contribution is 9.10. The number of carbonyl (C=O) groups excluding carboxylic acids is 1. The van der Waals surface area contributed by atoms with Gasteiger partial charge in [-0.3, -0.25) is 9.78 Å². The van der Waals surface area contributed by atoms with Crippen LogP contribution < -0.4 is 0 Å². The lowest BCUT2D eigenvalue weighted by Crippen LogP contribution is -2.27. The molecule has 7 heteroatoms. The largest absolute Gasteiger partial charge is 0.275 e. The van der Waals surface area contributed by atoms with E-state index in [1.54, 1.807) is 12.1 Å². The molecule has 0 spiro atoms. The Morgan fingerprint density at radius 3 is 2.49 bits per heavy atom. The molecule has 1 aliphatic rings. The molecule has 0 fully saturated rings. The smallest absolute Gasteiger partial charge is 0.267 e.